The van der Waals surface area contributed by atoms with E-state index in [4.69, 9.17) is 5.11 Å². The Kier molecular flexibility index (Phi) is 3.20. The number of hydrogen-bond acceptors (Lipinski definition) is 4. The molecule has 0 bridgehead atoms. The molecule has 0 saturated carbocycles. The summed E-state index contributed by atoms with van der Waals surface area (Å²) in [4.78, 5) is 25.7. The molecule has 0 aliphatic rings. The number of carbonyl (C=O) groups is 2. The molecule has 0 aliphatic heterocycles. The number of urea groups is 1. The number of carboxylic acid groups (broad SMARTS) is 1. The third-order valence-electron chi connectivity index (χ3n) is 1.91. The van der Waals surface area contributed by atoms with Gasteiger partial charge in [0.2, 0.25) is 0 Å². The molecule has 17 heavy (non-hydrogen) atoms. The third-order valence-corrected chi connectivity index (χ3v) is 2.87. The summed E-state index contributed by atoms with van der Waals surface area (Å²) in [5, 5.41) is 13.5. The predicted octanol–water partition coefficient (Wildman–Crippen LogP) is 1.50. The first-order valence-electron chi connectivity index (χ1n) is 4.77. The van der Waals surface area contributed by atoms with Crippen LogP contribution in [0.3, 0.4) is 0 Å². The normalized spacial score (nSPS) is 10.1. The minimum absolute atomic E-state index is 0.420. The molecule has 0 spiro atoms. The Bertz CT molecular complexity index is 534. The molecule has 1 aromatic heterocycles. The van der Waals surface area contributed by atoms with Crippen molar-refractivity contribution < 1.29 is 14.7 Å². The number of nitrogens with zero attached hydrogens (tertiary/aromatic N) is 1. The zero-order chi connectivity index (χ0) is 12.3. The zero-order valence-corrected chi connectivity index (χ0v) is 9.45. The van der Waals surface area contributed by atoms with Crippen LogP contribution in [0.25, 0.3) is 10.2 Å². The van der Waals surface area contributed by atoms with Crippen LogP contribution in [0.1, 0.15) is 0 Å². The summed E-state index contributed by atoms with van der Waals surface area (Å²) in [5.41, 5.74) is 0.797. The summed E-state index contributed by atoms with van der Waals surface area (Å²) in [6.07, 6.45) is 0. The van der Waals surface area contributed by atoms with Crippen LogP contribution in [0, 0.1) is 0 Å². The highest BCUT2D eigenvalue weighted by Gasteiger charge is 2.07. The van der Waals surface area contributed by atoms with E-state index >= 15 is 0 Å². The SMILES string of the molecule is O=C(O)CNC(=O)Nc1nc2ccccc2s1. The molecule has 0 radical (unpaired) electrons. The van der Waals surface area contributed by atoms with Gasteiger partial charge in [-0.25, -0.2) is 9.78 Å². The molecule has 0 unspecified atom stereocenters. The van der Waals surface area contributed by atoms with Crippen LogP contribution in [0.5, 0.6) is 0 Å². The first kappa shape index (κ1) is 11.3. The van der Waals surface area contributed by atoms with Crippen LogP contribution >= 0.6 is 11.3 Å². The second kappa shape index (κ2) is 4.79. The lowest BCUT2D eigenvalue weighted by Gasteiger charge is -2.01. The van der Waals surface area contributed by atoms with Gasteiger partial charge < -0.3 is 10.4 Å². The third kappa shape index (κ3) is 2.91. The molecule has 2 aromatic rings. The van der Waals surface area contributed by atoms with E-state index in [9.17, 15) is 9.59 Å². The molecular weight excluding hydrogens is 242 g/mol. The number of rotatable bonds is 3. The molecule has 88 valence electrons. The van der Waals surface area contributed by atoms with Crippen LogP contribution in [0.2, 0.25) is 0 Å². The Morgan fingerprint density at radius 3 is 2.82 bits per heavy atom. The van der Waals surface area contributed by atoms with Crippen LogP contribution in [-0.2, 0) is 4.79 Å². The molecule has 2 amide bonds. The summed E-state index contributed by atoms with van der Waals surface area (Å²) < 4.78 is 0.959. The first-order valence-corrected chi connectivity index (χ1v) is 5.59. The van der Waals surface area contributed by atoms with Crippen molar-refractivity contribution in [2.75, 3.05) is 11.9 Å². The fourth-order valence-corrected chi connectivity index (χ4v) is 2.08. The molecule has 7 heteroatoms. The largest absolute Gasteiger partial charge is 0.480 e. The monoisotopic (exact) mass is 251 g/mol. The van der Waals surface area contributed by atoms with Gasteiger partial charge in [-0.2, -0.15) is 0 Å². The predicted molar refractivity (Wildman–Crippen MR) is 64.3 cm³/mol. The van der Waals surface area contributed by atoms with Gasteiger partial charge in [0, 0.05) is 0 Å². The van der Waals surface area contributed by atoms with Gasteiger partial charge in [-0.3, -0.25) is 10.1 Å². The molecule has 0 atom stereocenters. The van der Waals surface area contributed by atoms with Gasteiger partial charge in [-0.1, -0.05) is 23.5 Å². The van der Waals surface area contributed by atoms with Crippen molar-refractivity contribution in [1.29, 1.82) is 0 Å². The highest BCUT2D eigenvalue weighted by Crippen LogP contribution is 2.24. The van der Waals surface area contributed by atoms with Crippen molar-refractivity contribution in [1.82, 2.24) is 10.3 Å². The van der Waals surface area contributed by atoms with Gasteiger partial charge in [0.1, 0.15) is 6.54 Å². The summed E-state index contributed by atoms with van der Waals surface area (Å²) in [6, 6.07) is 6.90. The fraction of sp³-hybridized carbons (Fsp3) is 0.100. The van der Waals surface area contributed by atoms with Crippen molar-refractivity contribution in [3.05, 3.63) is 24.3 Å². The van der Waals surface area contributed by atoms with E-state index in [2.05, 4.69) is 15.6 Å². The van der Waals surface area contributed by atoms with E-state index in [1.54, 1.807) is 0 Å². The number of anilines is 1. The van der Waals surface area contributed by atoms with Gasteiger partial charge in [0.05, 0.1) is 10.2 Å². The van der Waals surface area contributed by atoms with E-state index in [1.807, 2.05) is 24.3 Å². The number of thiazole rings is 1. The number of nitrogens with one attached hydrogen (secondary N) is 2. The van der Waals surface area contributed by atoms with Crippen LogP contribution in [0.4, 0.5) is 9.93 Å². The van der Waals surface area contributed by atoms with Gasteiger partial charge in [-0.05, 0) is 12.1 Å². The lowest BCUT2D eigenvalue weighted by atomic mass is 10.3. The fourth-order valence-electron chi connectivity index (χ4n) is 1.22. The first-order chi connectivity index (χ1) is 8.15. The van der Waals surface area contributed by atoms with Crippen LogP contribution in [0.15, 0.2) is 24.3 Å². The number of amides is 2. The van der Waals surface area contributed by atoms with Crippen LogP contribution in [-0.4, -0.2) is 28.6 Å². The van der Waals surface area contributed by atoms with E-state index in [0.717, 1.165) is 10.2 Å². The average Bonchev–Trinajstić information content (AvgIpc) is 2.68. The maximum atomic E-state index is 11.3. The van der Waals surface area contributed by atoms with Gasteiger partial charge >= 0.3 is 12.0 Å². The zero-order valence-electron chi connectivity index (χ0n) is 8.64. The summed E-state index contributed by atoms with van der Waals surface area (Å²) in [7, 11) is 0. The number of aromatic nitrogens is 1. The summed E-state index contributed by atoms with van der Waals surface area (Å²) >= 11 is 1.33. The minimum Gasteiger partial charge on any atom is -0.480 e. The second-order valence-electron chi connectivity index (χ2n) is 3.19. The molecule has 0 aliphatic carbocycles. The van der Waals surface area contributed by atoms with Crippen LogP contribution < -0.4 is 10.6 Å². The standard InChI is InChI=1S/C10H9N3O3S/c14-8(15)5-11-9(16)13-10-12-6-3-1-2-4-7(6)17-10/h1-4H,5H2,(H,14,15)(H2,11,12,13,16). The molecule has 6 nitrogen and oxygen atoms in total. The molecule has 0 fully saturated rings. The molecular formula is C10H9N3O3S. The highest BCUT2D eigenvalue weighted by molar-refractivity contribution is 7.22. The Morgan fingerprint density at radius 2 is 2.12 bits per heavy atom. The number of benzene rings is 1. The Morgan fingerprint density at radius 1 is 1.35 bits per heavy atom. The van der Waals surface area contributed by atoms with Crippen molar-refractivity contribution in [3.63, 3.8) is 0 Å². The minimum atomic E-state index is -1.09. The van der Waals surface area contributed by atoms with Crippen molar-refractivity contribution in [3.8, 4) is 0 Å². The number of aliphatic carboxylic acids is 1. The highest BCUT2D eigenvalue weighted by atomic mass is 32.1. The van der Waals surface area contributed by atoms with E-state index in [-0.39, 0.29) is 0 Å². The smallest absolute Gasteiger partial charge is 0.323 e. The summed E-state index contributed by atoms with van der Waals surface area (Å²) in [6.45, 7) is -0.420. The quantitative estimate of drug-likeness (QED) is 0.771. The van der Waals surface area contributed by atoms with Gasteiger partial charge in [0.25, 0.3) is 0 Å². The number of carbonyl (C=O) groups excluding carboxylic acids is 1. The van der Waals surface area contributed by atoms with Crippen molar-refractivity contribution >= 4 is 38.7 Å². The van der Waals surface area contributed by atoms with E-state index in [0.29, 0.717) is 5.13 Å². The molecule has 2 rings (SSSR count). The van der Waals surface area contributed by atoms with E-state index < -0.39 is 18.5 Å². The maximum absolute atomic E-state index is 11.3. The Hall–Kier alpha value is -2.15. The maximum Gasteiger partial charge on any atom is 0.323 e. The lowest BCUT2D eigenvalue weighted by molar-refractivity contribution is -0.135. The Balaban J connectivity index is 2.03. The molecule has 0 saturated heterocycles. The number of fused-ring (bicyclic) bond motifs is 1. The number of hydrogen-bond donors (Lipinski definition) is 3. The van der Waals surface area contributed by atoms with Gasteiger partial charge in [-0.15, -0.1) is 0 Å². The van der Waals surface area contributed by atoms with Gasteiger partial charge in [0.15, 0.2) is 5.13 Å². The molecule has 1 heterocycles. The lowest BCUT2D eigenvalue weighted by Crippen LogP contribution is -2.33. The molecule has 3 N–H and O–H groups in total. The average molecular weight is 251 g/mol. The summed E-state index contributed by atoms with van der Waals surface area (Å²) in [5.74, 6) is -1.09. The topological polar surface area (TPSA) is 91.3 Å². The van der Waals surface area contributed by atoms with Crippen molar-refractivity contribution in [2.24, 2.45) is 0 Å². The van der Waals surface area contributed by atoms with Crippen molar-refractivity contribution in [2.45, 2.75) is 0 Å². The Labute approximate surface area is 100 Å². The second-order valence-corrected chi connectivity index (χ2v) is 4.22. The van der Waals surface area contributed by atoms with E-state index in [1.165, 1.54) is 11.3 Å². The number of carboxylic acids is 1. The molecule has 1 aromatic carbocycles. The number of para-hydroxylation sites is 1.